The summed E-state index contributed by atoms with van der Waals surface area (Å²) in [5.41, 5.74) is 11.0. The van der Waals surface area contributed by atoms with Crippen LogP contribution >= 0.6 is 0 Å². The van der Waals surface area contributed by atoms with Crippen LogP contribution in [-0.4, -0.2) is 0 Å². The lowest BCUT2D eigenvalue weighted by molar-refractivity contribution is 0.632. The summed E-state index contributed by atoms with van der Waals surface area (Å²) >= 11 is 0. The largest absolute Gasteiger partial charge is 0.310 e. The van der Waals surface area contributed by atoms with Crippen LogP contribution in [0.15, 0.2) is 164 Å². The van der Waals surface area contributed by atoms with Crippen LogP contribution in [0.2, 0.25) is 0 Å². The van der Waals surface area contributed by atoms with Gasteiger partial charge in [-0.3, -0.25) is 0 Å². The van der Waals surface area contributed by atoms with Gasteiger partial charge in [0.15, 0.2) is 0 Å². The zero-order valence-corrected chi connectivity index (χ0v) is 26.0. The highest BCUT2D eigenvalue weighted by molar-refractivity contribution is 5.95. The number of hydrogen-bond acceptors (Lipinski definition) is 1. The van der Waals surface area contributed by atoms with E-state index in [1.165, 1.54) is 82.8 Å². The van der Waals surface area contributed by atoms with Crippen molar-refractivity contribution in [1.29, 1.82) is 0 Å². The molecule has 1 heterocycles. The molecule has 0 aliphatic carbocycles. The van der Waals surface area contributed by atoms with Gasteiger partial charge in [0.1, 0.15) is 0 Å². The second-order valence-electron chi connectivity index (χ2n) is 13.1. The first-order valence-corrected chi connectivity index (χ1v) is 16.1. The van der Waals surface area contributed by atoms with Gasteiger partial charge in [0, 0.05) is 11.1 Å². The third kappa shape index (κ3) is 4.24. The molecule has 9 rings (SSSR count). The van der Waals surface area contributed by atoms with Crippen LogP contribution in [0, 0.1) is 0 Å². The van der Waals surface area contributed by atoms with Crippen molar-refractivity contribution in [2.45, 2.75) is 19.3 Å². The van der Waals surface area contributed by atoms with Gasteiger partial charge in [-0.2, -0.15) is 0 Å². The molecule has 8 aromatic carbocycles. The highest BCUT2D eigenvalue weighted by Crippen LogP contribution is 2.53. The maximum Gasteiger partial charge on any atom is 0.0503 e. The van der Waals surface area contributed by atoms with Crippen molar-refractivity contribution >= 4 is 49.4 Å². The molecule has 1 aliphatic rings. The molecule has 1 nitrogen and oxygen atoms in total. The van der Waals surface area contributed by atoms with E-state index in [1.54, 1.807) is 0 Å². The van der Waals surface area contributed by atoms with Gasteiger partial charge in [0.05, 0.1) is 11.4 Å². The first-order chi connectivity index (χ1) is 22.5. The summed E-state index contributed by atoms with van der Waals surface area (Å²) in [7, 11) is 0. The van der Waals surface area contributed by atoms with Gasteiger partial charge in [-0.25, -0.2) is 0 Å². The summed E-state index contributed by atoms with van der Waals surface area (Å²) in [6.45, 7) is 4.77. The van der Waals surface area contributed by atoms with Crippen LogP contribution in [0.3, 0.4) is 0 Å². The zero-order valence-electron chi connectivity index (χ0n) is 26.0. The average Bonchev–Trinajstić information content (AvgIpc) is 3.11. The summed E-state index contributed by atoms with van der Waals surface area (Å²) < 4.78 is 0. The molecule has 0 saturated heterocycles. The number of nitrogens with zero attached hydrogens (tertiary/aromatic N) is 1. The Balaban J connectivity index is 1.25. The fraction of sp³-hybridized carbons (Fsp3) is 0.0667. The number of hydrogen-bond donors (Lipinski definition) is 0. The Morgan fingerprint density at radius 1 is 0.348 bits per heavy atom. The van der Waals surface area contributed by atoms with E-state index < -0.39 is 0 Å². The topological polar surface area (TPSA) is 3.24 Å². The SMILES string of the molecule is CC1(C)c2cc(-c3ccc4ccccc4c3)ccc2N(c2ccc3ccccc3c2)c2ccc(-c3ccc4ccccc4c3)cc21. The van der Waals surface area contributed by atoms with E-state index in [-0.39, 0.29) is 5.41 Å². The van der Waals surface area contributed by atoms with E-state index in [2.05, 4.69) is 183 Å². The molecule has 218 valence electrons. The maximum atomic E-state index is 2.47. The standard InChI is InChI=1S/C45H33N/c1-45(2)41-28-38(36-17-15-30-9-3-6-12-33(30)25-36)20-23-43(41)46(40-22-19-32-11-5-8-14-35(32)27-40)44-24-21-39(29-42(44)45)37-18-16-31-10-4-7-13-34(31)26-37/h3-29H,1-2H3. The molecule has 0 radical (unpaired) electrons. The fourth-order valence-corrected chi connectivity index (χ4v) is 7.43. The van der Waals surface area contributed by atoms with Gasteiger partial charge in [-0.15, -0.1) is 0 Å². The lowest BCUT2D eigenvalue weighted by Gasteiger charge is -2.42. The zero-order chi connectivity index (χ0) is 30.8. The molecule has 46 heavy (non-hydrogen) atoms. The van der Waals surface area contributed by atoms with Gasteiger partial charge in [-0.1, -0.05) is 129 Å². The first kappa shape index (κ1) is 26.7. The van der Waals surface area contributed by atoms with Crippen molar-refractivity contribution in [2.24, 2.45) is 0 Å². The van der Waals surface area contributed by atoms with E-state index in [0.717, 1.165) is 0 Å². The molecule has 0 aromatic heterocycles. The molecule has 0 atom stereocenters. The predicted molar refractivity (Wildman–Crippen MR) is 197 cm³/mol. The van der Waals surface area contributed by atoms with Crippen molar-refractivity contribution < 1.29 is 0 Å². The Kier molecular flexibility index (Phi) is 5.92. The van der Waals surface area contributed by atoms with Crippen molar-refractivity contribution in [3.63, 3.8) is 0 Å². The number of fused-ring (bicyclic) bond motifs is 5. The third-order valence-electron chi connectivity index (χ3n) is 9.98. The Morgan fingerprint density at radius 2 is 0.717 bits per heavy atom. The molecule has 0 spiro atoms. The minimum absolute atomic E-state index is 0.224. The van der Waals surface area contributed by atoms with E-state index in [1.807, 2.05) is 0 Å². The summed E-state index contributed by atoms with van der Waals surface area (Å²) in [4.78, 5) is 2.47. The summed E-state index contributed by atoms with van der Waals surface area (Å²) in [6.07, 6.45) is 0. The lowest BCUT2D eigenvalue weighted by atomic mass is 9.72. The van der Waals surface area contributed by atoms with E-state index in [4.69, 9.17) is 0 Å². The molecule has 0 fully saturated rings. The lowest BCUT2D eigenvalue weighted by Crippen LogP contribution is -2.30. The molecular formula is C45H33N. The smallest absolute Gasteiger partial charge is 0.0503 e. The quantitative estimate of drug-likeness (QED) is 0.199. The summed E-state index contributed by atoms with van der Waals surface area (Å²) in [5.74, 6) is 0. The average molecular weight is 588 g/mol. The van der Waals surface area contributed by atoms with Crippen LogP contribution in [0.1, 0.15) is 25.0 Å². The van der Waals surface area contributed by atoms with Crippen molar-refractivity contribution in [2.75, 3.05) is 4.90 Å². The van der Waals surface area contributed by atoms with Gasteiger partial charge in [0.2, 0.25) is 0 Å². The van der Waals surface area contributed by atoms with Gasteiger partial charge in [-0.05, 0) is 114 Å². The van der Waals surface area contributed by atoms with E-state index >= 15 is 0 Å². The summed E-state index contributed by atoms with van der Waals surface area (Å²) in [6, 6.07) is 60.4. The second-order valence-corrected chi connectivity index (χ2v) is 13.1. The van der Waals surface area contributed by atoms with Crippen LogP contribution in [0.5, 0.6) is 0 Å². The van der Waals surface area contributed by atoms with E-state index in [0.29, 0.717) is 0 Å². The van der Waals surface area contributed by atoms with Crippen LogP contribution in [0.4, 0.5) is 17.1 Å². The van der Waals surface area contributed by atoms with Crippen LogP contribution in [-0.2, 0) is 5.41 Å². The Bertz CT molecular complexity index is 2330. The van der Waals surface area contributed by atoms with Crippen LogP contribution in [0.25, 0.3) is 54.6 Å². The van der Waals surface area contributed by atoms with Crippen LogP contribution < -0.4 is 4.90 Å². The molecule has 0 amide bonds. The Hall–Kier alpha value is -5.66. The Morgan fingerprint density at radius 3 is 1.20 bits per heavy atom. The fourth-order valence-electron chi connectivity index (χ4n) is 7.43. The first-order valence-electron chi connectivity index (χ1n) is 16.1. The maximum absolute atomic E-state index is 2.47. The van der Waals surface area contributed by atoms with Crippen molar-refractivity contribution in [3.05, 3.63) is 175 Å². The molecule has 1 aliphatic heterocycles. The molecule has 0 N–H and O–H groups in total. The predicted octanol–water partition coefficient (Wildman–Crippen LogP) is 12.6. The molecule has 8 aromatic rings. The molecular weight excluding hydrogens is 555 g/mol. The van der Waals surface area contributed by atoms with Gasteiger partial charge >= 0.3 is 0 Å². The highest BCUT2D eigenvalue weighted by Gasteiger charge is 2.37. The normalized spacial score (nSPS) is 13.6. The molecule has 0 saturated carbocycles. The summed E-state index contributed by atoms with van der Waals surface area (Å²) in [5, 5.41) is 7.56. The molecule has 1 heteroatoms. The monoisotopic (exact) mass is 587 g/mol. The number of benzene rings is 8. The van der Waals surface area contributed by atoms with Gasteiger partial charge < -0.3 is 4.90 Å². The molecule has 0 unspecified atom stereocenters. The third-order valence-corrected chi connectivity index (χ3v) is 9.98. The number of rotatable bonds is 3. The minimum Gasteiger partial charge on any atom is -0.310 e. The van der Waals surface area contributed by atoms with Crippen molar-refractivity contribution in [3.8, 4) is 22.3 Å². The highest BCUT2D eigenvalue weighted by atomic mass is 15.2. The van der Waals surface area contributed by atoms with Crippen molar-refractivity contribution in [1.82, 2.24) is 0 Å². The Labute approximate surface area is 270 Å². The van der Waals surface area contributed by atoms with Gasteiger partial charge in [0.25, 0.3) is 0 Å². The minimum atomic E-state index is -0.224. The second kappa shape index (κ2) is 10.2. The number of anilines is 3. The molecule has 0 bridgehead atoms. The van der Waals surface area contributed by atoms with E-state index in [9.17, 15) is 0 Å².